The molecule has 12 heteroatoms. The van der Waals surface area contributed by atoms with Gasteiger partial charge < -0.3 is 62.1 Å². The van der Waals surface area contributed by atoms with E-state index in [0.717, 1.165) is 6.42 Å². The van der Waals surface area contributed by atoms with Crippen molar-refractivity contribution in [2.75, 3.05) is 20.7 Å². The average molecular weight is 478 g/mol. The molecule has 0 spiro atoms. The van der Waals surface area contributed by atoms with Crippen molar-refractivity contribution in [3.05, 3.63) is 0 Å². The molecular formula is C21H43N5O7. The first-order chi connectivity index (χ1) is 15.5. The summed E-state index contributed by atoms with van der Waals surface area (Å²) in [6.07, 6.45) is -4.22. The Morgan fingerprint density at radius 1 is 0.970 bits per heavy atom. The van der Waals surface area contributed by atoms with Crippen molar-refractivity contribution < 1.29 is 34.3 Å². The minimum atomic E-state index is -1.29. The molecule has 3 unspecified atom stereocenters. The average Bonchev–Trinajstić information content (AvgIpc) is 2.76. The summed E-state index contributed by atoms with van der Waals surface area (Å²) in [6, 6.07) is -2.11. The summed E-state index contributed by atoms with van der Waals surface area (Å²) in [5, 5.41) is 38.3. The van der Waals surface area contributed by atoms with Gasteiger partial charge in [0.15, 0.2) is 12.6 Å². The number of nitrogens with two attached hydrogens (primary N) is 3. The molecule has 1 aliphatic carbocycles. The second-order valence-electron chi connectivity index (χ2n) is 9.91. The van der Waals surface area contributed by atoms with Crippen molar-refractivity contribution in [2.24, 2.45) is 17.2 Å². The topological polar surface area (TPSA) is 200 Å². The van der Waals surface area contributed by atoms with E-state index in [4.69, 9.17) is 36.1 Å². The highest BCUT2D eigenvalue weighted by Gasteiger charge is 2.50. The van der Waals surface area contributed by atoms with Crippen molar-refractivity contribution in [2.45, 2.75) is 112 Å². The number of hydrogen-bond donors (Lipinski definition) is 8. The Morgan fingerprint density at radius 3 is 2.15 bits per heavy atom. The van der Waals surface area contributed by atoms with Crippen LogP contribution in [0.5, 0.6) is 0 Å². The standard InChI is InChI=1S/C21H43N5O7/c1-9(25-3)13-6-5-10(22)19(31-13)32-16-11(23)7-12(24)17(14(16)27)33-20-15(28)18(26-4)21(2,29)8-30-20/h9-20,25-29H,5-8,22-24H2,1-4H3/t9-,10?,11+,12+,13+,14+,15-,16-,17-,18?,19+,20-,21?/m1/s1. The van der Waals surface area contributed by atoms with E-state index in [0.29, 0.717) is 12.8 Å². The van der Waals surface area contributed by atoms with Gasteiger partial charge >= 0.3 is 0 Å². The molecule has 0 aromatic heterocycles. The normalized spacial score (nSPS) is 50.2. The van der Waals surface area contributed by atoms with E-state index in [-0.39, 0.29) is 24.8 Å². The van der Waals surface area contributed by atoms with E-state index in [2.05, 4.69) is 10.6 Å². The van der Waals surface area contributed by atoms with Crippen molar-refractivity contribution >= 4 is 0 Å². The Hall–Kier alpha value is -0.480. The van der Waals surface area contributed by atoms with Gasteiger partial charge in [0.25, 0.3) is 0 Å². The molecule has 1 saturated carbocycles. The maximum absolute atomic E-state index is 11.1. The molecule has 3 aliphatic rings. The van der Waals surface area contributed by atoms with Crippen LogP contribution >= 0.6 is 0 Å². The van der Waals surface area contributed by atoms with Gasteiger partial charge in [-0.05, 0) is 47.2 Å². The van der Waals surface area contributed by atoms with Crippen LogP contribution in [0.2, 0.25) is 0 Å². The maximum Gasteiger partial charge on any atom is 0.185 e. The fourth-order valence-electron chi connectivity index (χ4n) is 5.04. The number of aliphatic hydroxyl groups is 3. The Labute approximate surface area is 195 Å². The lowest BCUT2D eigenvalue weighted by Gasteiger charge is -2.48. The first-order valence-electron chi connectivity index (χ1n) is 11.8. The Bertz CT molecular complexity index is 632. The summed E-state index contributed by atoms with van der Waals surface area (Å²) in [5.41, 5.74) is 17.5. The number of ether oxygens (including phenoxy) is 4. The highest BCUT2D eigenvalue weighted by molar-refractivity contribution is 5.02. The smallest absolute Gasteiger partial charge is 0.185 e. The molecule has 0 bridgehead atoms. The largest absolute Gasteiger partial charge is 0.388 e. The summed E-state index contributed by atoms with van der Waals surface area (Å²) in [6.45, 7) is 3.52. The summed E-state index contributed by atoms with van der Waals surface area (Å²) in [7, 11) is 3.49. The van der Waals surface area contributed by atoms with E-state index in [1.807, 2.05) is 14.0 Å². The van der Waals surface area contributed by atoms with Gasteiger partial charge in [0.05, 0.1) is 24.8 Å². The van der Waals surface area contributed by atoms with E-state index in [1.165, 1.54) is 0 Å². The highest BCUT2D eigenvalue weighted by Crippen LogP contribution is 2.31. The zero-order valence-corrected chi connectivity index (χ0v) is 20.0. The number of likely N-dealkylation sites (N-methyl/N-ethyl adjacent to an activating group) is 2. The Kier molecular flexibility index (Phi) is 9.09. The third kappa shape index (κ3) is 5.85. The molecule has 0 radical (unpaired) electrons. The molecule has 2 aliphatic heterocycles. The lowest BCUT2D eigenvalue weighted by atomic mass is 9.84. The molecule has 11 N–H and O–H groups in total. The number of aliphatic hydroxyl groups excluding tert-OH is 2. The van der Waals surface area contributed by atoms with Gasteiger partial charge in [-0.15, -0.1) is 0 Å². The van der Waals surface area contributed by atoms with Crippen LogP contribution in [0, 0.1) is 0 Å². The second-order valence-corrected chi connectivity index (χ2v) is 9.91. The summed E-state index contributed by atoms with van der Waals surface area (Å²) in [5.74, 6) is 0. The molecule has 3 fully saturated rings. The second kappa shape index (κ2) is 11.1. The van der Waals surface area contributed by atoms with Crippen LogP contribution in [-0.4, -0.2) is 115 Å². The van der Waals surface area contributed by atoms with E-state index < -0.39 is 60.7 Å². The number of hydrogen-bond acceptors (Lipinski definition) is 12. The van der Waals surface area contributed by atoms with E-state index in [9.17, 15) is 15.3 Å². The zero-order valence-electron chi connectivity index (χ0n) is 20.0. The number of nitrogens with one attached hydrogen (secondary N) is 2. The van der Waals surface area contributed by atoms with Gasteiger partial charge in [-0.2, -0.15) is 0 Å². The van der Waals surface area contributed by atoms with Crippen LogP contribution in [0.3, 0.4) is 0 Å². The van der Waals surface area contributed by atoms with Crippen molar-refractivity contribution in [3.63, 3.8) is 0 Å². The molecule has 194 valence electrons. The van der Waals surface area contributed by atoms with Gasteiger partial charge in [-0.25, -0.2) is 0 Å². The van der Waals surface area contributed by atoms with E-state index >= 15 is 0 Å². The minimum absolute atomic E-state index is 0.0620. The fraction of sp³-hybridized carbons (Fsp3) is 1.00. The molecular weight excluding hydrogens is 434 g/mol. The highest BCUT2D eigenvalue weighted by atomic mass is 16.7. The monoisotopic (exact) mass is 477 g/mol. The van der Waals surface area contributed by atoms with Crippen molar-refractivity contribution in [1.29, 1.82) is 0 Å². The van der Waals surface area contributed by atoms with E-state index in [1.54, 1.807) is 14.0 Å². The molecule has 3 rings (SSSR count). The molecule has 0 aromatic carbocycles. The molecule has 0 amide bonds. The van der Waals surface area contributed by atoms with Gasteiger partial charge in [-0.3, -0.25) is 0 Å². The molecule has 12 nitrogen and oxygen atoms in total. The Balaban J connectivity index is 1.68. The molecule has 2 heterocycles. The molecule has 13 atom stereocenters. The predicted octanol–water partition coefficient (Wildman–Crippen LogP) is -3.33. The zero-order chi connectivity index (χ0) is 24.5. The lowest BCUT2D eigenvalue weighted by molar-refractivity contribution is -0.307. The SMILES string of the molecule is CNC1[C@@H](O)[C@@H](O[C@H]2[C@@H](O)[C@H](O[C@@H]3O[C@H]([C@@H](C)NC)CCC3N)[C@@H](N)C[C@@H]2N)OCC1(C)O. The Morgan fingerprint density at radius 2 is 1.58 bits per heavy atom. The lowest BCUT2D eigenvalue weighted by Crippen LogP contribution is -2.68. The maximum atomic E-state index is 11.1. The summed E-state index contributed by atoms with van der Waals surface area (Å²) >= 11 is 0. The first-order valence-corrected chi connectivity index (χ1v) is 11.8. The predicted molar refractivity (Wildman–Crippen MR) is 120 cm³/mol. The molecule has 2 saturated heterocycles. The first kappa shape index (κ1) is 27.1. The van der Waals surface area contributed by atoms with Crippen LogP contribution in [0.15, 0.2) is 0 Å². The van der Waals surface area contributed by atoms with Gasteiger partial charge in [0.2, 0.25) is 0 Å². The molecule has 0 aromatic rings. The minimum Gasteiger partial charge on any atom is -0.388 e. The van der Waals surface area contributed by atoms with Crippen LogP contribution in [0.25, 0.3) is 0 Å². The fourth-order valence-corrected chi connectivity index (χ4v) is 5.04. The van der Waals surface area contributed by atoms with Gasteiger partial charge in [0, 0.05) is 18.1 Å². The van der Waals surface area contributed by atoms with Gasteiger partial charge in [0.1, 0.15) is 30.0 Å². The van der Waals surface area contributed by atoms with Crippen molar-refractivity contribution in [1.82, 2.24) is 10.6 Å². The third-order valence-electron chi connectivity index (χ3n) is 7.24. The third-order valence-corrected chi connectivity index (χ3v) is 7.24. The van der Waals surface area contributed by atoms with Crippen LogP contribution < -0.4 is 27.8 Å². The van der Waals surface area contributed by atoms with Crippen molar-refractivity contribution in [3.8, 4) is 0 Å². The summed E-state index contributed by atoms with van der Waals surface area (Å²) in [4.78, 5) is 0. The quantitative estimate of drug-likeness (QED) is 0.182. The van der Waals surface area contributed by atoms with Crippen LogP contribution in [0.4, 0.5) is 0 Å². The van der Waals surface area contributed by atoms with Crippen LogP contribution in [-0.2, 0) is 18.9 Å². The van der Waals surface area contributed by atoms with Gasteiger partial charge in [-0.1, -0.05) is 0 Å². The molecule has 33 heavy (non-hydrogen) atoms. The summed E-state index contributed by atoms with van der Waals surface area (Å²) < 4.78 is 23.7. The number of rotatable bonds is 7. The van der Waals surface area contributed by atoms with Crippen LogP contribution in [0.1, 0.15) is 33.1 Å².